The van der Waals surface area contributed by atoms with Crippen molar-refractivity contribution in [2.75, 3.05) is 38.0 Å². The van der Waals surface area contributed by atoms with Gasteiger partial charge in [-0.05, 0) is 50.2 Å². The van der Waals surface area contributed by atoms with Crippen molar-refractivity contribution in [1.29, 1.82) is 0 Å². The van der Waals surface area contributed by atoms with Gasteiger partial charge < -0.3 is 4.74 Å². The molecule has 36 heavy (non-hydrogen) atoms. The molecule has 3 aromatic rings. The summed E-state index contributed by atoms with van der Waals surface area (Å²) in [7, 11) is -2.73. The second-order valence-electron chi connectivity index (χ2n) is 8.88. The lowest BCUT2D eigenvalue weighted by molar-refractivity contribution is 0.103. The van der Waals surface area contributed by atoms with Gasteiger partial charge in [-0.15, -0.1) is 0 Å². The number of nitrogens with zero attached hydrogens (tertiary/aromatic N) is 4. The van der Waals surface area contributed by atoms with Crippen molar-refractivity contribution < 1.29 is 21.9 Å². The van der Waals surface area contributed by atoms with Gasteiger partial charge in [0.25, 0.3) is 10.0 Å². The largest absolute Gasteiger partial charge is 0.480 e. The molecule has 2 aromatic heterocycles. The van der Waals surface area contributed by atoms with E-state index in [4.69, 9.17) is 4.74 Å². The molecule has 0 unspecified atom stereocenters. The summed E-state index contributed by atoms with van der Waals surface area (Å²) in [5.74, 6) is -1.23. The highest BCUT2D eigenvalue weighted by Crippen LogP contribution is 2.28. The number of halogens is 2. The van der Waals surface area contributed by atoms with Crippen LogP contribution in [0.5, 0.6) is 5.88 Å². The van der Waals surface area contributed by atoms with E-state index >= 15 is 4.39 Å². The Morgan fingerprint density at radius 1 is 1.03 bits per heavy atom. The minimum atomic E-state index is -4.05. The smallest absolute Gasteiger partial charge is 0.267 e. The molecule has 1 aliphatic rings. The van der Waals surface area contributed by atoms with Crippen LogP contribution in [0.4, 0.5) is 14.5 Å². The summed E-state index contributed by atoms with van der Waals surface area (Å²) in [4.78, 5) is 12.3. The first-order valence-corrected chi connectivity index (χ1v) is 13.1. The Hall–Kier alpha value is -3.15. The first-order chi connectivity index (χ1) is 17.2. The number of hydrogen-bond donors (Lipinski definition) is 1. The molecule has 0 radical (unpaired) electrons. The molecule has 4 rings (SSSR count). The third kappa shape index (κ3) is 5.80. The zero-order valence-electron chi connectivity index (χ0n) is 20.4. The second kappa shape index (κ2) is 10.9. The summed E-state index contributed by atoms with van der Waals surface area (Å²) in [6.07, 6.45) is 2.74. The molecule has 1 aromatic carbocycles. The summed E-state index contributed by atoms with van der Waals surface area (Å²) in [5, 5.41) is 0. The maximum absolute atomic E-state index is 15.1. The maximum atomic E-state index is 15.1. The van der Waals surface area contributed by atoms with Crippen molar-refractivity contribution in [2.24, 2.45) is 0 Å². The highest BCUT2D eigenvalue weighted by Gasteiger charge is 2.23. The summed E-state index contributed by atoms with van der Waals surface area (Å²) in [5.41, 5.74) is 0.454. The fourth-order valence-electron chi connectivity index (χ4n) is 4.17. The van der Waals surface area contributed by atoms with Gasteiger partial charge in [0, 0.05) is 62.3 Å². The number of ether oxygens (including phenoxy) is 1. The molecule has 8 nitrogen and oxygen atoms in total. The number of rotatable bonds is 8. The number of piperazine rings is 1. The lowest BCUT2D eigenvalue weighted by Gasteiger charge is -2.37. The Morgan fingerprint density at radius 2 is 1.78 bits per heavy atom. The van der Waals surface area contributed by atoms with Gasteiger partial charge in [-0.3, -0.25) is 19.5 Å². The summed E-state index contributed by atoms with van der Waals surface area (Å²) in [6.45, 7) is 7.95. The van der Waals surface area contributed by atoms with Crippen LogP contribution in [-0.4, -0.2) is 67.5 Å². The third-order valence-corrected chi connectivity index (χ3v) is 7.57. The lowest BCUT2D eigenvalue weighted by Crippen LogP contribution is -2.48. The highest BCUT2D eigenvalue weighted by molar-refractivity contribution is 7.92. The van der Waals surface area contributed by atoms with Gasteiger partial charge in [-0.1, -0.05) is 0 Å². The van der Waals surface area contributed by atoms with Crippen LogP contribution in [0.1, 0.15) is 19.4 Å². The van der Waals surface area contributed by atoms with Crippen molar-refractivity contribution >= 4 is 15.7 Å². The number of nitrogens with one attached hydrogen (secondary N) is 1. The van der Waals surface area contributed by atoms with E-state index < -0.39 is 21.7 Å². The molecular formula is C25H29F2N5O3S. The van der Waals surface area contributed by atoms with Gasteiger partial charge in [0.15, 0.2) is 0 Å². The Labute approximate surface area is 210 Å². The molecule has 0 amide bonds. The van der Waals surface area contributed by atoms with Crippen LogP contribution in [0.3, 0.4) is 0 Å². The van der Waals surface area contributed by atoms with E-state index in [1.807, 2.05) is 0 Å². The van der Waals surface area contributed by atoms with Crippen molar-refractivity contribution in [3.05, 3.63) is 66.0 Å². The fourth-order valence-corrected chi connectivity index (χ4v) is 5.34. The van der Waals surface area contributed by atoms with Crippen molar-refractivity contribution in [3.8, 4) is 17.1 Å². The normalized spacial score (nSPS) is 15.3. The summed E-state index contributed by atoms with van der Waals surface area (Å²) in [6, 6.07) is 8.36. The SMILES string of the molecule is COc1ncccc1S(=O)(=O)Nc1ccnc(-c2cc(F)c(CN3CCN(C(C)C)CC3)cc2F)c1. The first-order valence-electron chi connectivity index (χ1n) is 11.6. The number of pyridine rings is 2. The standard InChI is InChI=1S/C25H29F2N5O3S/c1-17(2)32-11-9-31(10-12-32)16-18-13-22(27)20(15-21(18)26)23-14-19(6-8-28-23)30-36(33,34)24-5-4-7-29-25(24)35-3/h4-8,13-15,17H,9-12,16H2,1-3H3,(H,28,30). The quantitative estimate of drug-likeness (QED) is 0.487. The molecule has 1 fully saturated rings. The first kappa shape index (κ1) is 25.9. The molecule has 1 N–H and O–H groups in total. The third-order valence-electron chi connectivity index (χ3n) is 6.17. The number of sulfonamides is 1. The lowest BCUT2D eigenvalue weighted by atomic mass is 10.1. The van der Waals surface area contributed by atoms with Gasteiger partial charge in [0.2, 0.25) is 5.88 Å². The zero-order valence-corrected chi connectivity index (χ0v) is 21.2. The molecule has 0 atom stereocenters. The van der Waals surface area contributed by atoms with Crippen LogP contribution in [-0.2, 0) is 16.6 Å². The number of anilines is 1. The average Bonchev–Trinajstić information content (AvgIpc) is 2.86. The minimum absolute atomic E-state index is 0.0547. The number of methoxy groups -OCH3 is 1. The van der Waals surface area contributed by atoms with E-state index in [0.29, 0.717) is 12.6 Å². The van der Waals surface area contributed by atoms with E-state index in [-0.39, 0.29) is 33.3 Å². The number of hydrogen-bond acceptors (Lipinski definition) is 7. The molecule has 11 heteroatoms. The van der Waals surface area contributed by atoms with Crippen LogP contribution in [0.25, 0.3) is 11.3 Å². The van der Waals surface area contributed by atoms with Crippen molar-refractivity contribution in [1.82, 2.24) is 19.8 Å². The minimum Gasteiger partial charge on any atom is -0.480 e. The van der Waals surface area contributed by atoms with E-state index in [9.17, 15) is 12.8 Å². The molecule has 0 saturated carbocycles. The van der Waals surface area contributed by atoms with Gasteiger partial charge in [0.05, 0.1) is 18.5 Å². The second-order valence-corrected chi connectivity index (χ2v) is 10.5. The molecular weight excluding hydrogens is 488 g/mol. The highest BCUT2D eigenvalue weighted by atomic mass is 32.2. The molecule has 0 bridgehead atoms. The van der Waals surface area contributed by atoms with Gasteiger partial charge in [0.1, 0.15) is 16.5 Å². The predicted octanol–water partition coefficient (Wildman–Crippen LogP) is 3.76. The van der Waals surface area contributed by atoms with Crippen LogP contribution in [0, 0.1) is 11.6 Å². The van der Waals surface area contributed by atoms with Crippen LogP contribution in [0.2, 0.25) is 0 Å². The van der Waals surface area contributed by atoms with Crippen LogP contribution < -0.4 is 9.46 Å². The van der Waals surface area contributed by atoms with E-state index in [1.54, 1.807) is 0 Å². The molecule has 192 valence electrons. The van der Waals surface area contributed by atoms with E-state index in [1.165, 1.54) is 49.8 Å². The zero-order chi connectivity index (χ0) is 25.9. The van der Waals surface area contributed by atoms with Crippen LogP contribution >= 0.6 is 0 Å². The van der Waals surface area contributed by atoms with Crippen LogP contribution in [0.15, 0.2) is 53.7 Å². The summed E-state index contributed by atoms with van der Waals surface area (Å²) < 4.78 is 63.2. The van der Waals surface area contributed by atoms with Gasteiger partial charge in [-0.2, -0.15) is 0 Å². The Balaban J connectivity index is 1.53. The molecule has 0 aliphatic carbocycles. The number of aromatic nitrogens is 2. The van der Waals surface area contributed by atoms with Gasteiger partial charge >= 0.3 is 0 Å². The fraction of sp³-hybridized carbons (Fsp3) is 0.360. The number of benzene rings is 1. The molecule has 3 heterocycles. The summed E-state index contributed by atoms with van der Waals surface area (Å²) >= 11 is 0. The van der Waals surface area contributed by atoms with E-state index in [0.717, 1.165) is 32.2 Å². The monoisotopic (exact) mass is 517 g/mol. The van der Waals surface area contributed by atoms with E-state index in [2.05, 4.69) is 38.3 Å². The molecule has 0 spiro atoms. The topological polar surface area (TPSA) is 87.7 Å². The molecule has 1 aliphatic heterocycles. The van der Waals surface area contributed by atoms with Gasteiger partial charge in [-0.25, -0.2) is 22.2 Å². The molecule has 1 saturated heterocycles. The van der Waals surface area contributed by atoms with Crippen molar-refractivity contribution in [2.45, 2.75) is 31.3 Å². The Bertz CT molecular complexity index is 1330. The Kier molecular flexibility index (Phi) is 7.82. The average molecular weight is 518 g/mol. The predicted molar refractivity (Wildman–Crippen MR) is 133 cm³/mol. The Morgan fingerprint density at radius 3 is 2.47 bits per heavy atom. The van der Waals surface area contributed by atoms with Crippen molar-refractivity contribution in [3.63, 3.8) is 0 Å². The maximum Gasteiger partial charge on any atom is 0.267 e.